The lowest BCUT2D eigenvalue weighted by atomic mass is 9.95. The van der Waals surface area contributed by atoms with Crippen molar-refractivity contribution in [2.45, 2.75) is 19.3 Å². The average molecular weight is 355 g/mol. The van der Waals surface area contributed by atoms with Gasteiger partial charge in [-0.05, 0) is 42.2 Å². The van der Waals surface area contributed by atoms with Gasteiger partial charge in [0.05, 0.1) is 11.6 Å². The van der Waals surface area contributed by atoms with Gasteiger partial charge < -0.3 is 5.11 Å². The van der Waals surface area contributed by atoms with Crippen molar-refractivity contribution in [3.63, 3.8) is 0 Å². The number of nitrogens with one attached hydrogen (secondary N) is 2. The Kier molecular flexibility index (Phi) is 5.38. The zero-order chi connectivity index (χ0) is 18.5. The van der Waals surface area contributed by atoms with Crippen molar-refractivity contribution in [1.82, 2.24) is 10.9 Å². The first-order valence-corrected chi connectivity index (χ1v) is 8.43. The van der Waals surface area contributed by atoms with Crippen LogP contribution < -0.4 is 15.9 Å². The van der Waals surface area contributed by atoms with Crippen LogP contribution in [0.25, 0.3) is 0 Å². The second-order valence-electron chi connectivity index (χ2n) is 6.31. The van der Waals surface area contributed by atoms with Crippen LogP contribution in [0.3, 0.4) is 0 Å². The van der Waals surface area contributed by atoms with Crippen molar-refractivity contribution in [3.05, 3.63) is 59.7 Å². The molecule has 1 aliphatic rings. The molecule has 1 aliphatic heterocycles. The number of carbonyl (C=O) groups excluding carboxylic acids is 2. The fraction of sp³-hybridized carbons (Fsp3) is 0.263. The number of aromatic hydroxyl groups is 1. The molecule has 0 radical (unpaired) electrons. The van der Waals surface area contributed by atoms with Gasteiger partial charge in [-0.15, -0.1) is 0 Å². The number of benzene rings is 2. The normalized spacial score (nSPS) is 13.8. The number of hydrazine groups is 1. The standard InChI is InChI=1S/C19H21N3O4/c23-16-7-5-13(6-8-16)11-15(12-18(24)21-26)19(25)20-22-10-9-14-3-1-2-4-17(14)22/h1-8,15,23,26H,9-12H2,(H,20,25)(H,21,24)/t15-/m1/s1. The molecule has 4 N–H and O–H groups in total. The molecular weight excluding hydrogens is 334 g/mol. The second-order valence-corrected chi connectivity index (χ2v) is 6.31. The van der Waals surface area contributed by atoms with E-state index in [0.29, 0.717) is 13.0 Å². The average Bonchev–Trinajstić information content (AvgIpc) is 3.05. The molecule has 2 amide bonds. The molecule has 136 valence electrons. The number of amides is 2. The summed E-state index contributed by atoms with van der Waals surface area (Å²) in [5.41, 5.74) is 7.39. The molecule has 0 aromatic heterocycles. The van der Waals surface area contributed by atoms with Crippen LogP contribution in [0, 0.1) is 5.92 Å². The van der Waals surface area contributed by atoms with Gasteiger partial charge in [0.2, 0.25) is 11.8 Å². The first-order valence-electron chi connectivity index (χ1n) is 8.43. The molecule has 1 heterocycles. The van der Waals surface area contributed by atoms with E-state index in [1.165, 1.54) is 12.1 Å². The fourth-order valence-electron chi connectivity index (χ4n) is 3.12. The van der Waals surface area contributed by atoms with E-state index in [1.807, 2.05) is 24.3 Å². The molecule has 1 atom stereocenters. The molecule has 0 unspecified atom stereocenters. The molecular formula is C19H21N3O4. The molecule has 2 aromatic carbocycles. The Hall–Kier alpha value is -3.06. The van der Waals surface area contributed by atoms with Crippen LogP contribution in [0.2, 0.25) is 0 Å². The van der Waals surface area contributed by atoms with E-state index in [9.17, 15) is 14.7 Å². The summed E-state index contributed by atoms with van der Waals surface area (Å²) < 4.78 is 0. The maximum atomic E-state index is 12.8. The summed E-state index contributed by atoms with van der Waals surface area (Å²) in [6.45, 7) is 0.670. The quantitative estimate of drug-likeness (QED) is 0.465. The minimum atomic E-state index is -0.653. The van der Waals surface area contributed by atoms with Gasteiger partial charge in [-0.25, -0.2) is 5.48 Å². The molecule has 7 nitrogen and oxygen atoms in total. The van der Waals surface area contributed by atoms with Crippen LogP contribution in [-0.2, 0) is 22.4 Å². The zero-order valence-electron chi connectivity index (χ0n) is 14.2. The second kappa shape index (κ2) is 7.88. The van der Waals surface area contributed by atoms with Crippen LogP contribution in [0.15, 0.2) is 48.5 Å². The number of fused-ring (bicyclic) bond motifs is 1. The zero-order valence-corrected chi connectivity index (χ0v) is 14.2. The van der Waals surface area contributed by atoms with E-state index in [-0.39, 0.29) is 18.1 Å². The Labute approximate surface area is 151 Å². The van der Waals surface area contributed by atoms with Gasteiger partial charge >= 0.3 is 0 Å². The molecule has 0 saturated heterocycles. The molecule has 0 aliphatic carbocycles. The molecule has 26 heavy (non-hydrogen) atoms. The van der Waals surface area contributed by atoms with Crippen molar-refractivity contribution < 1.29 is 19.9 Å². The first-order chi connectivity index (χ1) is 12.6. The Morgan fingerprint density at radius 3 is 2.58 bits per heavy atom. The monoisotopic (exact) mass is 355 g/mol. The summed E-state index contributed by atoms with van der Waals surface area (Å²) in [5, 5.41) is 20.0. The smallest absolute Gasteiger partial charge is 0.244 e. The number of hydroxylamine groups is 1. The third kappa shape index (κ3) is 4.12. The highest BCUT2D eigenvalue weighted by molar-refractivity contribution is 5.86. The van der Waals surface area contributed by atoms with Gasteiger partial charge in [0.25, 0.3) is 0 Å². The molecule has 3 rings (SSSR count). The van der Waals surface area contributed by atoms with Crippen molar-refractivity contribution in [2.24, 2.45) is 5.92 Å². The number of phenolic OH excluding ortho intramolecular Hbond substituents is 1. The maximum absolute atomic E-state index is 12.8. The van der Waals surface area contributed by atoms with Crippen molar-refractivity contribution >= 4 is 17.5 Å². The van der Waals surface area contributed by atoms with Crippen molar-refractivity contribution in [3.8, 4) is 5.75 Å². The van der Waals surface area contributed by atoms with E-state index in [0.717, 1.165) is 23.2 Å². The van der Waals surface area contributed by atoms with Crippen LogP contribution in [0.1, 0.15) is 17.5 Å². The van der Waals surface area contributed by atoms with Crippen molar-refractivity contribution in [1.29, 1.82) is 0 Å². The van der Waals surface area contributed by atoms with Crippen LogP contribution in [-0.4, -0.2) is 28.7 Å². The predicted molar refractivity (Wildman–Crippen MR) is 95.5 cm³/mol. The number of carbonyl (C=O) groups is 2. The number of anilines is 1. The van der Waals surface area contributed by atoms with Gasteiger partial charge in [-0.3, -0.25) is 25.2 Å². The molecule has 0 spiro atoms. The van der Waals surface area contributed by atoms with E-state index >= 15 is 0 Å². The van der Waals surface area contributed by atoms with Crippen LogP contribution >= 0.6 is 0 Å². The topological polar surface area (TPSA) is 102 Å². The lowest BCUT2D eigenvalue weighted by Crippen LogP contribution is -2.45. The van der Waals surface area contributed by atoms with Gasteiger partial charge in [0, 0.05) is 13.0 Å². The number of para-hydroxylation sites is 1. The maximum Gasteiger partial charge on any atom is 0.244 e. The summed E-state index contributed by atoms with van der Waals surface area (Å²) in [7, 11) is 0. The Bertz CT molecular complexity index is 792. The SMILES string of the molecule is O=C(C[C@@H](Cc1ccc(O)cc1)C(=O)NN1CCc2ccccc21)NO. The Balaban J connectivity index is 1.72. The highest BCUT2D eigenvalue weighted by Gasteiger charge is 2.26. The largest absolute Gasteiger partial charge is 0.508 e. The Morgan fingerprint density at radius 2 is 1.85 bits per heavy atom. The highest BCUT2D eigenvalue weighted by Crippen LogP contribution is 2.26. The molecule has 2 aromatic rings. The van der Waals surface area contributed by atoms with E-state index < -0.39 is 11.8 Å². The predicted octanol–water partition coefficient (Wildman–Crippen LogP) is 1.54. The van der Waals surface area contributed by atoms with Gasteiger partial charge in [-0.1, -0.05) is 30.3 Å². The third-order valence-electron chi connectivity index (χ3n) is 4.48. The number of rotatable bonds is 6. The van der Waals surface area contributed by atoms with Crippen molar-refractivity contribution in [2.75, 3.05) is 11.6 Å². The Morgan fingerprint density at radius 1 is 1.12 bits per heavy atom. The highest BCUT2D eigenvalue weighted by atomic mass is 16.5. The summed E-state index contributed by atoms with van der Waals surface area (Å²) in [4.78, 5) is 24.4. The number of nitrogens with zero attached hydrogens (tertiary/aromatic N) is 1. The summed E-state index contributed by atoms with van der Waals surface area (Å²) in [5.74, 6) is -1.43. The lowest BCUT2D eigenvalue weighted by Gasteiger charge is -2.24. The van der Waals surface area contributed by atoms with E-state index in [4.69, 9.17) is 5.21 Å². The number of hydrogen-bond donors (Lipinski definition) is 4. The third-order valence-corrected chi connectivity index (χ3v) is 4.48. The van der Waals surface area contributed by atoms with Gasteiger partial charge in [-0.2, -0.15) is 0 Å². The van der Waals surface area contributed by atoms with Crippen LogP contribution in [0.5, 0.6) is 5.75 Å². The first kappa shape index (κ1) is 17.8. The number of phenols is 1. The van der Waals surface area contributed by atoms with Gasteiger partial charge in [0.1, 0.15) is 5.75 Å². The summed E-state index contributed by atoms with van der Waals surface area (Å²) >= 11 is 0. The molecule has 0 bridgehead atoms. The van der Waals surface area contributed by atoms with E-state index in [1.54, 1.807) is 22.6 Å². The number of hydrogen-bond acceptors (Lipinski definition) is 5. The molecule has 7 heteroatoms. The van der Waals surface area contributed by atoms with E-state index in [2.05, 4.69) is 5.43 Å². The van der Waals surface area contributed by atoms with Gasteiger partial charge in [0.15, 0.2) is 0 Å². The minimum absolute atomic E-state index is 0.136. The molecule has 0 saturated carbocycles. The van der Waals surface area contributed by atoms with Crippen LogP contribution in [0.4, 0.5) is 5.69 Å². The molecule has 0 fully saturated rings. The lowest BCUT2D eigenvalue weighted by molar-refractivity contribution is -0.134. The summed E-state index contributed by atoms with van der Waals surface area (Å²) in [6, 6.07) is 14.3. The fourth-order valence-corrected chi connectivity index (χ4v) is 3.12. The summed E-state index contributed by atoms with van der Waals surface area (Å²) in [6.07, 6.45) is 1.02. The minimum Gasteiger partial charge on any atom is -0.508 e.